The molecule has 0 bridgehead atoms. The van der Waals surface area contributed by atoms with E-state index < -0.39 is 0 Å². The van der Waals surface area contributed by atoms with Gasteiger partial charge >= 0.3 is 0 Å². The molecule has 1 fully saturated rings. The summed E-state index contributed by atoms with van der Waals surface area (Å²) in [5, 5.41) is 0. The second-order valence-electron chi connectivity index (χ2n) is 5.22. The maximum absolute atomic E-state index is 11.8. The van der Waals surface area contributed by atoms with E-state index in [-0.39, 0.29) is 5.91 Å². The molecule has 0 aromatic rings. The maximum atomic E-state index is 11.8. The molecule has 1 aliphatic heterocycles. The topological polar surface area (TPSA) is 23.6 Å². The van der Waals surface area contributed by atoms with Crippen molar-refractivity contribution >= 4 is 5.91 Å². The van der Waals surface area contributed by atoms with E-state index in [0.29, 0.717) is 6.42 Å². The van der Waals surface area contributed by atoms with Crippen LogP contribution in [0.15, 0.2) is 12.2 Å². The third-order valence-electron chi connectivity index (χ3n) is 3.04. The Bertz CT molecular complexity index is 253. The van der Waals surface area contributed by atoms with Crippen LogP contribution < -0.4 is 0 Å². The van der Waals surface area contributed by atoms with E-state index in [2.05, 4.69) is 25.6 Å². The number of nitrogens with zero attached hydrogens (tertiary/aromatic N) is 2. The van der Waals surface area contributed by atoms with Crippen LogP contribution in [0.3, 0.4) is 0 Å². The Hall–Kier alpha value is -0.830. The minimum absolute atomic E-state index is 0.246. The maximum Gasteiger partial charge on any atom is 0.226 e. The molecule has 1 aliphatic rings. The molecule has 0 radical (unpaired) electrons. The lowest BCUT2D eigenvalue weighted by Gasteiger charge is -2.33. The molecular formula is C13H24N2O. The summed E-state index contributed by atoms with van der Waals surface area (Å²) >= 11 is 0. The van der Waals surface area contributed by atoms with Gasteiger partial charge in [0.25, 0.3) is 0 Å². The van der Waals surface area contributed by atoms with Gasteiger partial charge in [-0.25, -0.2) is 0 Å². The van der Waals surface area contributed by atoms with Gasteiger partial charge < -0.3 is 9.80 Å². The molecule has 1 saturated heterocycles. The highest BCUT2D eigenvalue weighted by molar-refractivity contribution is 5.78. The molecule has 0 N–H and O–H groups in total. The lowest BCUT2D eigenvalue weighted by Crippen LogP contribution is -2.40. The minimum atomic E-state index is 0.246. The zero-order valence-electron chi connectivity index (χ0n) is 10.8. The first-order chi connectivity index (χ1) is 7.49. The molecule has 0 aromatic heterocycles. The van der Waals surface area contributed by atoms with E-state index in [1.807, 2.05) is 11.8 Å². The van der Waals surface area contributed by atoms with Crippen molar-refractivity contribution in [3.63, 3.8) is 0 Å². The number of likely N-dealkylation sites (tertiary alicyclic amines) is 1. The summed E-state index contributed by atoms with van der Waals surface area (Å²) in [5.41, 5.74) is 0.959. The van der Waals surface area contributed by atoms with E-state index in [1.54, 1.807) is 0 Å². The quantitative estimate of drug-likeness (QED) is 0.679. The highest BCUT2D eigenvalue weighted by Gasteiger charge is 2.22. The fourth-order valence-corrected chi connectivity index (χ4v) is 2.25. The Balaban J connectivity index is 2.31. The molecule has 0 aromatic carbocycles. The molecule has 16 heavy (non-hydrogen) atoms. The van der Waals surface area contributed by atoms with Crippen molar-refractivity contribution < 1.29 is 4.79 Å². The predicted octanol–water partition coefficient (Wildman–Crippen LogP) is 1.75. The van der Waals surface area contributed by atoms with Crippen LogP contribution in [0.4, 0.5) is 0 Å². The number of hydrogen-bond acceptors (Lipinski definition) is 2. The van der Waals surface area contributed by atoms with Crippen LogP contribution in [0.5, 0.6) is 0 Å². The Labute approximate surface area is 99.1 Å². The molecule has 1 heterocycles. The fraction of sp³-hybridized carbons (Fsp3) is 0.769. The van der Waals surface area contributed by atoms with Gasteiger partial charge in [-0.05, 0) is 39.8 Å². The monoisotopic (exact) mass is 224 g/mol. The van der Waals surface area contributed by atoms with Crippen molar-refractivity contribution in [1.29, 1.82) is 0 Å². The van der Waals surface area contributed by atoms with Crippen LogP contribution in [0.25, 0.3) is 0 Å². The molecule has 0 unspecified atom stereocenters. The van der Waals surface area contributed by atoms with Crippen molar-refractivity contribution in [2.75, 3.05) is 33.7 Å². The van der Waals surface area contributed by atoms with Gasteiger partial charge in [0.1, 0.15) is 0 Å². The second-order valence-corrected chi connectivity index (χ2v) is 5.22. The van der Waals surface area contributed by atoms with E-state index >= 15 is 0 Å². The first-order valence-electron chi connectivity index (χ1n) is 6.06. The number of hydrogen-bond donors (Lipinski definition) is 0. The molecule has 0 saturated carbocycles. The van der Waals surface area contributed by atoms with Crippen LogP contribution in [0.1, 0.15) is 26.2 Å². The van der Waals surface area contributed by atoms with Crippen molar-refractivity contribution in [2.24, 2.45) is 5.92 Å². The van der Waals surface area contributed by atoms with Crippen molar-refractivity contribution in [3.05, 3.63) is 12.2 Å². The summed E-state index contributed by atoms with van der Waals surface area (Å²) in [6, 6.07) is 0. The second kappa shape index (κ2) is 6.04. The smallest absolute Gasteiger partial charge is 0.226 e. The van der Waals surface area contributed by atoms with Gasteiger partial charge in [-0.1, -0.05) is 12.2 Å². The van der Waals surface area contributed by atoms with Gasteiger partial charge in [0.15, 0.2) is 0 Å². The highest BCUT2D eigenvalue weighted by Crippen LogP contribution is 2.18. The van der Waals surface area contributed by atoms with Gasteiger partial charge in [-0.3, -0.25) is 4.79 Å². The largest absolute Gasteiger partial charge is 0.342 e. The summed E-state index contributed by atoms with van der Waals surface area (Å²) in [6.07, 6.45) is 2.79. The van der Waals surface area contributed by atoms with Crippen molar-refractivity contribution in [3.8, 4) is 0 Å². The molecule has 0 atom stereocenters. The number of amides is 1. The van der Waals surface area contributed by atoms with Crippen LogP contribution in [0, 0.1) is 5.92 Å². The first-order valence-corrected chi connectivity index (χ1v) is 6.06. The van der Waals surface area contributed by atoms with Crippen LogP contribution in [0.2, 0.25) is 0 Å². The zero-order valence-corrected chi connectivity index (χ0v) is 10.8. The average molecular weight is 224 g/mol. The fourth-order valence-electron chi connectivity index (χ4n) is 2.25. The average Bonchev–Trinajstić information content (AvgIpc) is 2.16. The summed E-state index contributed by atoms with van der Waals surface area (Å²) < 4.78 is 0. The lowest BCUT2D eigenvalue weighted by atomic mass is 9.96. The van der Waals surface area contributed by atoms with Gasteiger partial charge in [0, 0.05) is 26.1 Å². The third kappa shape index (κ3) is 4.35. The van der Waals surface area contributed by atoms with Gasteiger partial charge in [-0.15, -0.1) is 0 Å². The third-order valence-corrected chi connectivity index (χ3v) is 3.04. The molecule has 1 rings (SSSR count). The molecule has 0 spiro atoms. The van der Waals surface area contributed by atoms with Crippen molar-refractivity contribution in [1.82, 2.24) is 9.80 Å². The van der Waals surface area contributed by atoms with E-state index in [0.717, 1.165) is 44.0 Å². The Morgan fingerprint density at radius 3 is 2.38 bits per heavy atom. The Morgan fingerprint density at radius 1 is 1.38 bits per heavy atom. The minimum Gasteiger partial charge on any atom is -0.342 e. The normalized spacial score (nSPS) is 17.9. The van der Waals surface area contributed by atoms with Crippen LogP contribution in [-0.2, 0) is 4.79 Å². The molecule has 0 aliphatic carbocycles. The standard InChI is InChI=1S/C13H24N2O/c1-11(2)9-13(16)15-7-5-12(6-8-15)10-14(3)4/h12H,1,5-10H2,2-4H3. The number of carbonyl (C=O) groups excluding carboxylic acids is 1. The molecule has 1 amide bonds. The van der Waals surface area contributed by atoms with Gasteiger partial charge in [0.05, 0.1) is 0 Å². The van der Waals surface area contributed by atoms with E-state index in [1.165, 1.54) is 0 Å². The number of rotatable bonds is 4. The van der Waals surface area contributed by atoms with Gasteiger partial charge in [-0.2, -0.15) is 0 Å². The Kier molecular flexibility index (Phi) is 5.00. The number of piperidine rings is 1. The Morgan fingerprint density at radius 2 is 1.94 bits per heavy atom. The highest BCUT2D eigenvalue weighted by atomic mass is 16.2. The SMILES string of the molecule is C=C(C)CC(=O)N1CCC(CN(C)C)CC1. The van der Waals surface area contributed by atoms with Gasteiger partial charge in [0.2, 0.25) is 5.91 Å². The van der Waals surface area contributed by atoms with E-state index in [4.69, 9.17) is 0 Å². The molecule has 3 heteroatoms. The summed E-state index contributed by atoms with van der Waals surface area (Å²) in [4.78, 5) is 16.0. The summed E-state index contributed by atoms with van der Waals surface area (Å²) in [6.45, 7) is 8.69. The molecule has 3 nitrogen and oxygen atoms in total. The first kappa shape index (κ1) is 13.2. The lowest BCUT2D eigenvalue weighted by molar-refractivity contribution is -0.131. The van der Waals surface area contributed by atoms with Crippen molar-refractivity contribution in [2.45, 2.75) is 26.2 Å². The molecule has 92 valence electrons. The summed E-state index contributed by atoms with van der Waals surface area (Å²) in [7, 11) is 4.22. The number of carbonyl (C=O) groups is 1. The van der Waals surface area contributed by atoms with Crippen LogP contribution >= 0.6 is 0 Å². The predicted molar refractivity (Wildman–Crippen MR) is 67.3 cm³/mol. The van der Waals surface area contributed by atoms with Crippen LogP contribution in [-0.4, -0.2) is 49.4 Å². The molecular weight excluding hydrogens is 200 g/mol. The summed E-state index contributed by atoms with van der Waals surface area (Å²) in [5.74, 6) is 1.000. The zero-order chi connectivity index (χ0) is 12.1. The van der Waals surface area contributed by atoms with E-state index in [9.17, 15) is 4.79 Å².